The van der Waals surface area contributed by atoms with Crippen LogP contribution >= 0.6 is 22.9 Å². The van der Waals surface area contributed by atoms with E-state index >= 15 is 0 Å². The Labute approximate surface area is 149 Å². The molecule has 0 radical (unpaired) electrons. The van der Waals surface area contributed by atoms with E-state index in [0.29, 0.717) is 6.61 Å². The zero-order chi connectivity index (χ0) is 17.7. The molecule has 2 rings (SSSR count). The number of sulfonamides is 1. The highest BCUT2D eigenvalue weighted by Crippen LogP contribution is 2.27. The lowest BCUT2D eigenvalue weighted by atomic mass is 10.3. The van der Waals surface area contributed by atoms with E-state index in [2.05, 4.69) is 0 Å². The van der Waals surface area contributed by atoms with Crippen LogP contribution in [0.1, 0.15) is 15.2 Å². The van der Waals surface area contributed by atoms with Crippen molar-refractivity contribution in [1.29, 1.82) is 0 Å². The van der Waals surface area contributed by atoms with Gasteiger partial charge in [0, 0.05) is 22.4 Å². The fourth-order valence-corrected chi connectivity index (χ4v) is 3.91. The largest absolute Gasteiger partial charge is 0.490 e. The van der Waals surface area contributed by atoms with Crippen molar-refractivity contribution in [1.82, 2.24) is 4.72 Å². The van der Waals surface area contributed by atoms with Gasteiger partial charge >= 0.3 is 0 Å². The summed E-state index contributed by atoms with van der Waals surface area (Å²) in [6.45, 7) is 2.29. The van der Waals surface area contributed by atoms with E-state index in [-0.39, 0.29) is 27.8 Å². The average molecular weight is 390 g/mol. The number of hydrogen-bond donors (Lipinski definition) is 1. The third-order valence-electron chi connectivity index (χ3n) is 2.96. The molecule has 0 fully saturated rings. The third kappa shape index (κ3) is 4.70. The van der Waals surface area contributed by atoms with Crippen LogP contribution in [-0.4, -0.2) is 34.6 Å². The van der Waals surface area contributed by atoms with E-state index in [0.717, 1.165) is 4.88 Å². The Morgan fingerprint density at radius 3 is 2.67 bits per heavy atom. The van der Waals surface area contributed by atoms with Crippen molar-refractivity contribution in [2.45, 2.75) is 11.8 Å². The molecular formula is C15H16ClNO5S2. The van der Waals surface area contributed by atoms with Crippen LogP contribution in [0.15, 0.2) is 34.5 Å². The van der Waals surface area contributed by atoms with Crippen LogP contribution in [0.5, 0.6) is 5.75 Å². The summed E-state index contributed by atoms with van der Waals surface area (Å²) in [4.78, 5) is 12.8. The topological polar surface area (TPSA) is 81.7 Å². The minimum atomic E-state index is -4.13. The summed E-state index contributed by atoms with van der Waals surface area (Å²) in [5.74, 6) is -0.611. The molecular weight excluding hydrogens is 374 g/mol. The van der Waals surface area contributed by atoms with Crippen LogP contribution in [0.25, 0.3) is 0 Å². The summed E-state index contributed by atoms with van der Waals surface area (Å²) in [7, 11) is -2.63. The number of halogens is 1. The third-order valence-corrected chi connectivity index (χ3v) is 5.41. The molecule has 0 aliphatic rings. The number of methoxy groups -OCH3 is 1. The highest BCUT2D eigenvalue weighted by molar-refractivity contribution is 7.90. The maximum absolute atomic E-state index is 12.5. The molecule has 0 bridgehead atoms. The number of amides is 1. The molecule has 1 heterocycles. The molecule has 0 saturated carbocycles. The summed E-state index contributed by atoms with van der Waals surface area (Å²) in [6.07, 6.45) is 0. The Balaban J connectivity index is 2.27. The predicted octanol–water partition coefficient (Wildman–Crippen LogP) is 2.85. The second-order valence-corrected chi connectivity index (χ2v) is 8.02. The molecule has 1 amide bonds. The second kappa shape index (κ2) is 7.98. The fraction of sp³-hybridized carbons (Fsp3) is 0.267. The van der Waals surface area contributed by atoms with Crippen molar-refractivity contribution in [2.24, 2.45) is 0 Å². The molecule has 0 spiro atoms. The van der Waals surface area contributed by atoms with Crippen LogP contribution in [0.3, 0.4) is 0 Å². The Morgan fingerprint density at radius 1 is 1.29 bits per heavy atom. The zero-order valence-electron chi connectivity index (χ0n) is 13.0. The first-order chi connectivity index (χ1) is 11.3. The number of ether oxygens (including phenoxy) is 2. The van der Waals surface area contributed by atoms with Gasteiger partial charge in [0.1, 0.15) is 17.3 Å². The smallest absolute Gasteiger partial charge is 0.268 e. The monoisotopic (exact) mass is 389 g/mol. The van der Waals surface area contributed by atoms with Crippen LogP contribution < -0.4 is 9.46 Å². The summed E-state index contributed by atoms with van der Waals surface area (Å²) in [5, 5.41) is 1.81. The van der Waals surface area contributed by atoms with E-state index in [4.69, 9.17) is 21.1 Å². The van der Waals surface area contributed by atoms with Gasteiger partial charge in [-0.05, 0) is 31.2 Å². The Morgan fingerprint density at radius 2 is 2.04 bits per heavy atom. The van der Waals surface area contributed by atoms with Crippen molar-refractivity contribution < 1.29 is 22.7 Å². The first kappa shape index (κ1) is 18.7. The molecule has 1 aromatic carbocycles. The maximum atomic E-state index is 12.5. The molecule has 6 nitrogen and oxygen atoms in total. The number of benzene rings is 1. The summed E-state index contributed by atoms with van der Waals surface area (Å²) < 4.78 is 37.4. The first-order valence-electron chi connectivity index (χ1n) is 6.87. The Hall–Kier alpha value is -1.61. The number of carbonyl (C=O) groups is 1. The van der Waals surface area contributed by atoms with E-state index in [1.807, 2.05) is 11.6 Å². The minimum Gasteiger partial charge on any atom is -0.490 e. The van der Waals surface area contributed by atoms with E-state index in [1.54, 1.807) is 11.4 Å². The normalized spacial score (nSPS) is 11.3. The highest BCUT2D eigenvalue weighted by atomic mass is 35.5. The lowest BCUT2D eigenvalue weighted by Crippen LogP contribution is -2.30. The Kier molecular flexibility index (Phi) is 6.22. The van der Waals surface area contributed by atoms with Crippen LogP contribution in [0.4, 0.5) is 0 Å². The number of nitrogens with one attached hydrogen (secondary N) is 1. The number of hydrogen-bond acceptors (Lipinski definition) is 6. The molecule has 0 unspecified atom stereocenters. The molecule has 0 saturated heterocycles. The molecule has 9 heteroatoms. The predicted molar refractivity (Wildman–Crippen MR) is 92.5 cm³/mol. The molecule has 1 N–H and O–H groups in total. The van der Waals surface area contributed by atoms with Gasteiger partial charge in [-0.25, -0.2) is 13.1 Å². The van der Waals surface area contributed by atoms with Crippen molar-refractivity contribution in [3.8, 4) is 5.75 Å². The second-order valence-electron chi connectivity index (χ2n) is 4.81. The number of thiophene rings is 1. The van der Waals surface area contributed by atoms with Gasteiger partial charge in [0.05, 0.1) is 12.2 Å². The summed E-state index contributed by atoms with van der Waals surface area (Å²) >= 11 is 7.24. The molecule has 0 aliphatic heterocycles. The Bertz CT molecular complexity index is 832. The molecule has 1 aromatic heterocycles. The fourth-order valence-electron chi connectivity index (χ4n) is 1.84. The maximum Gasteiger partial charge on any atom is 0.268 e. The minimum absolute atomic E-state index is 0.0956. The van der Waals surface area contributed by atoms with Gasteiger partial charge in [0.25, 0.3) is 15.9 Å². The highest BCUT2D eigenvalue weighted by Gasteiger charge is 2.24. The lowest BCUT2D eigenvalue weighted by molar-refractivity contribution is 0.0981. The number of carbonyl (C=O) groups excluding carboxylic acids is 1. The molecule has 130 valence electrons. The number of aryl methyl sites for hydroxylation is 1. The van der Waals surface area contributed by atoms with Crippen molar-refractivity contribution in [3.05, 3.63) is 45.1 Å². The van der Waals surface area contributed by atoms with E-state index in [9.17, 15) is 13.2 Å². The van der Waals surface area contributed by atoms with Crippen molar-refractivity contribution in [3.63, 3.8) is 0 Å². The van der Waals surface area contributed by atoms with Crippen LogP contribution in [-0.2, 0) is 14.8 Å². The zero-order valence-corrected chi connectivity index (χ0v) is 15.4. The summed E-state index contributed by atoms with van der Waals surface area (Å²) in [6, 6.07) is 5.79. The lowest BCUT2D eigenvalue weighted by Gasteiger charge is -2.12. The van der Waals surface area contributed by atoms with Gasteiger partial charge in [0.15, 0.2) is 0 Å². The van der Waals surface area contributed by atoms with Crippen molar-refractivity contribution in [2.75, 3.05) is 20.3 Å². The van der Waals surface area contributed by atoms with Crippen LogP contribution in [0, 0.1) is 6.92 Å². The van der Waals surface area contributed by atoms with Crippen LogP contribution in [0.2, 0.25) is 5.02 Å². The van der Waals surface area contributed by atoms with E-state index < -0.39 is 15.9 Å². The van der Waals surface area contributed by atoms with Crippen molar-refractivity contribution >= 4 is 38.9 Å². The average Bonchev–Trinajstić information content (AvgIpc) is 2.95. The number of rotatable bonds is 7. The first-order valence-corrected chi connectivity index (χ1v) is 9.61. The van der Waals surface area contributed by atoms with Gasteiger partial charge in [-0.3, -0.25) is 4.79 Å². The van der Waals surface area contributed by atoms with Gasteiger partial charge in [-0.2, -0.15) is 0 Å². The standard InChI is InChI=1S/C15H16ClNO5S2/c1-10-7-11(9-23-10)15(18)17-24(19,20)14-8-12(16)3-4-13(14)22-6-5-21-2/h3-4,7-9H,5-6H2,1-2H3,(H,17,18). The molecule has 2 aromatic rings. The van der Waals surface area contributed by atoms with Gasteiger partial charge < -0.3 is 9.47 Å². The van der Waals surface area contributed by atoms with Gasteiger partial charge in [-0.15, -0.1) is 11.3 Å². The quantitative estimate of drug-likeness (QED) is 0.736. The molecule has 0 atom stereocenters. The summed E-state index contributed by atoms with van der Waals surface area (Å²) in [5.41, 5.74) is 0.282. The van der Waals surface area contributed by atoms with E-state index in [1.165, 1.54) is 36.6 Å². The molecule has 0 aliphatic carbocycles. The molecule has 24 heavy (non-hydrogen) atoms. The van der Waals surface area contributed by atoms with Gasteiger partial charge in [0.2, 0.25) is 0 Å². The SMILES string of the molecule is COCCOc1ccc(Cl)cc1S(=O)(=O)NC(=O)c1csc(C)c1. The van der Waals surface area contributed by atoms with Gasteiger partial charge in [-0.1, -0.05) is 11.6 Å².